The molecule has 0 spiro atoms. The van der Waals surface area contributed by atoms with Crippen LogP contribution in [0.1, 0.15) is 33.1 Å². The molecule has 1 aliphatic carbocycles. The summed E-state index contributed by atoms with van der Waals surface area (Å²) in [6.45, 7) is 5.61. The Bertz CT molecular complexity index is 78.6. The van der Waals surface area contributed by atoms with Crippen LogP contribution in [0, 0.1) is 5.92 Å². The first-order valence-electron chi connectivity index (χ1n) is 4.11. The smallest absolute Gasteiger partial charge is 0.00952 e. The lowest BCUT2D eigenvalue weighted by Gasteiger charge is -2.36. The van der Waals surface area contributed by atoms with Gasteiger partial charge in [0, 0.05) is 6.04 Å². The molecule has 0 bridgehead atoms. The van der Waals surface area contributed by atoms with Gasteiger partial charge >= 0.3 is 0 Å². The third kappa shape index (κ3) is 1.45. The zero-order valence-corrected chi connectivity index (χ0v) is 6.48. The summed E-state index contributed by atoms with van der Waals surface area (Å²) < 4.78 is 0. The quantitative estimate of drug-likeness (QED) is 0.609. The van der Waals surface area contributed by atoms with E-state index in [-0.39, 0.29) is 0 Å². The highest BCUT2D eigenvalue weighted by Gasteiger charge is 2.27. The summed E-state index contributed by atoms with van der Waals surface area (Å²) in [7, 11) is 0. The second kappa shape index (κ2) is 3.21. The van der Waals surface area contributed by atoms with Gasteiger partial charge in [-0.15, -0.1) is 0 Å². The van der Waals surface area contributed by atoms with Crippen molar-refractivity contribution in [3.05, 3.63) is 0 Å². The highest BCUT2D eigenvalue weighted by atomic mass is 14.9. The van der Waals surface area contributed by atoms with Crippen LogP contribution in [0.5, 0.6) is 0 Å². The zero-order chi connectivity index (χ0) is 6.69. The van der Waals surface area contributed by atoms with Gasteiger partial charge in [-0.25, -0.2) is 0 Å². The molecule has 0 saturated heterocycles. The van der Waals surface area contributed by atoms with Crippen molar-refractivity contribution >= 4 is 0 Å². The molecule has 54 valence electrons. The summed E-state index contributed by atoms with van der Waals surface area (Å²) >= 11 is 0. The predicted molar refractivity (Wildman–Crippen MR) is 40.5 cm³/mol. The van der Waals surface area contributed by atoms with E-state index in [1.54, 1.807) is 0 Å². The molecule has 0 aromatic rings. The van der Waals surface area contributed by atoms with Crippen molar-refractivity contribution in [2.24, 2.45) is 5.92 Å². The summed E-state index contributed by atoms with van der Waals surface area (Å²) in [6, 6.07) is 0.861. The van der Waals surface area contributed by atoms with E-state index in [0.717, 1.165) is 18.5 Å². The first-order chi connectivity index (χ1) is 4.38. The van der Waals surface area contributed by atoms with E-state index in [1.807, 2.05) is 0 Å². The molecule has 0 heterocycles. The van der Waals surface area contributed by atoms with Crippen LogP contribution in [0.4, 0.5) is 0 Å². The fourth-order valence-electron chi connectivity index (χ4n) is 1.59. The van der Waals surface area contributed by atoms with E-state index < -0.39 is 0 Å². The van der Waals surface area contributed by atoms with Crippen LogP contribution in [-0.4, -0.2) is 12.6 Å². The normalized spacial score (nSPS) is 34.0. The third-order valence-corrected chi connectivity index (χ3v) is 2.41. The molecule has 0 amide bonds. The van der Waals surface area contributed by atoms with Gasteiger partial charge in [0.1, 0.15) is 0 Å². The van der Waals surface area contributed by atoms with Gasteiger partial charge in [-0.2, -0.15) is 0 Å². The number of nitrogens with one attached hydrogen (secondary N) is 1. The number of rotatable bonds is 3. The molecular weight excluding hydrogens is 110 g/mol. The second-order valence-corrected chi connectivity index (χ2v) is 2.91. The molecule has 2 unspecified atom stereocenters. The van der Waals surface area contributed by atoms with Gasteiger partial charge in [0.15, 0.2) is 0 Å². The lowest BCUT2D eigenvalue weighted by molar-refractivity contribution is 0.207. The minimum absolute atomic E-state index is 0.861. The molecule has 0 aromatic carbocycles. The number of hydrogen-bond donors (Lipinski definition) is 1. The van der Waals surface area contributed by atoms with Gasteiger partial charge in [-0.3, -0.25) is 0 Å². The van der Waals surface area contributed by atoms with Crippen molar-refractivity contribution in [1.29, 1.82) is 0 Å². The highest BCUT2D eigenvalue weighted by molar-refractivity contribution is 4.84. The average Bonchev–Trinajstić information content (AvgIpc) is 1.82. The summed E-state index contributed by atoms with van der Waals surface area (Å²) in [5.41, 5.74) is 0. The maximum absolute atomic E-state index is 3.48. The SMILES string of the molecule is CCNC1CCC1CC. The molecule has 1 N–H and O–H groups in total. The van der Waals surface area contributed by atoms with Crippen LogP contribution in [0.15, 0.2) is 0 Å². The van der Waals surface area contributed by atoms with E-state index in [1.165, 1.54) is 19.3 Å². The summed E-state index contributed by atoms with van der Waals surface area (Å²) in [4.78, 5) is 0. The van der Waals surface area contributed by atoms with Gasteiger partial charge in [-0.05, 0) is 25.3 Å². The van der Waals surface area contributed by atoms with Crippen molar-refractivity contribution in [2.75, 3.05) is 6.54 Å². The van der Waals surface area contributed by atoms with E-state index in [2.05, 4.69) is 19.2 Å². The maximum Gasteiger partial charge on any atom is 0.00952 e. The van der Waals surface area contributed by atoms with E-state index in [4.69, 9.17) is 0 Å². The summed E-state index contributed by atoms with van der Waals surface area (Å²) in [6.07, 6.45) is 4.22. The van der Waals surface area contributed by atoms with E-state index >= 15 is 0 Å². The molecule has 2 atom stereocenters. The molecular formula is C8H17N. The van der Waals surface area contributed by atoms with Crippen molar-refractivity contribution in [1.82, 2.24) is 5.32 Å². The third-order valence-electron chi connectivity index (χ3n) is 2.41. The second-order valence-electron chi connectivity index (χ2n) is 2.91. The Morgan fingerprint density at radius 1 is 1.33 bits per heavy atom. The van der Waals surface area contributed by atoms with Crippen LogP contribution in [0.25, 0.3) is 0 Å². The summed E-state index contributed by atoms with van der Waals surface area (Å²) in [5.74, 6) is 0.991. The van der Waals surface area contributed by atoms with E-state index in [9.17, 15) is 0 Å². The van der Waals surface area contributed by atoms with E-state index in [0.29, 0.717) is 0 Å². The van der Waals surface area contributed by atoms with Gasteiger partial charge < -0.3 is 5.32 Å². The zero-order valence-electron chi connectivity index (χ0n) is 6.48. The Morgan fingerprint density at radius 3 is 2.44 bits per heavy atom. The molecule has 0 aromatic heterocycles. The molecule has 1 fully saturated rings. The Labute approximate surface area is 57.8 Å². The molecule has 1 saturated carbocycles. The fourth-order valence-corrected chi connectivity index (χ4v) is 1.59. The summed E-state index contributed by atoms with van der Waals surface area (Å²) in [5, 5.41) is 3.48. The Kier molecular flexibility index (Phi) is 2.52. The van der Waals surface area contributed by atoms with Crippen molar-refractivity contribution < 1.29 is 0 Å². The molecule has 1 heteroatoms. The minimum Gasteiger partial charge on any atom is -0.314 e. The van der Waals surface area contributed by atoms with Gasteiger partial charge in [-0.1, -0.05) is 20.3 Å². The van der Waals surface area contributed by atoms with Crippen LogP contribution in [0.3, 0.4) is 0 Å². The fraction of sp³-hybridized carbons (Fsp3) is 1.00. The average molecular weight is 127 g/mol. The Hall–Kier alpha value is -0.0400. The first kappa shape index (κ1) is 7.07. The van der Waals surface area contributed by atoms with Crippen LogP contribution < -0.4 is 5.32 Å². The van der Waals surface area contributed by atoms with Gasteiger partial charge in [0.2, 0.25) is 0 Å². The monoisotopic (exact) mass is 127 g/mol. The Morgan fingerprint density at radius 2 is 2.11 bits per heavy atom. The topological polar surface area (TPSA) is 12.0 Å². The van der Waals surface area contributed by atoms with Crippen LogP contribution in [-0.2, 0) is 0 Å². The lowest BCUT2D eigenvalue weighted by atomic mass is 9.78. The first-order valence-corrected chi connectivity index (χ1v) is 4.11. The van der Waals surface area contributed by atoms with Gasteiger partial charge in [0.05, 0.1) is 0 Å². The molecule has 9 heavy (non-hydrogen) atoms. The lowest BCUT2D eigenvalue weighted by Crippen LogP contribution is -2.43. The van der Waals surface area contributed by atoms with Crippen molar-refractivity contribution in [3.8, 4) is 0 Å². The molecule has 0 aliphatic heterocycles. The molecule has 0 radical (unpaired) electrons. The molecule has 1 aliphatic rings. The largest absolute Gasteiger partial charge is 0.314 e. The van der Waals surface area contributed by atoms with Gasteiger partial charge in [0.25, 0.3) is 0 Å². The van der Waals surface area contributed by atoms with Crippen LogP contribution >= 0.6 is 0 Å². The van der Waals surface area contributed by atoms with Crippen molar-refractivity contribution in [2.45, 2.75) is 39.2 Å². The molecule has 1 nitrogen and oxygen atoms in total. The molecule has 1 rings (SSSR count). The van der Waals surface area contributed by atoms with Crippen molar-refractivity contribution in [3.63, 3.8) is 0 Å². The maximum atomic E-state index is 3.48. The standard InChI is InChI=1S/C8H17N/c1-3-7-5-6-8(7)9-4-2/h7-9H,3-6H2,1-2H3. The Balaban J connectivity index is 2.11. The van der Waals surface area contributed by atoms with Crippen LogP contribution in [0.2, 0.25) is 0 Å². The highest BCUT2D eigenvalue weighted by Crippen LogP contribution is 2.29. The predicted octanol–water partition coefficient (Wildman–Crippen LogP) is 1.78. The minimum atomic E-state index is 0.861. The number of hydrogen-bond acceptors (Lipinski definition) is 1.